The highest BCUT2D eigenvalue weighted by molar-refractivity contribution is 5.87. The summed E-state index contributed by atoms with van der Waals surface area (Å²) in [7, 11) is 1.54. The Morgan fingerprint density at radius 3 is 1.44 bits per heavy atom. The van der Waals surface area contributed by atoms with Crippen LogP contribution in [0.15, 0.2) is 24.3 Å². The van der Waals surface area contributed by atoms with Gasteiger partial charge in [-0.05, 0) is 24.3 Å². The van der Waals surface area contributed by atoms with Crippen molar-refractivity contribution in [3.63, 3.8) is 0 Å². The van der Waals surface area contributed by atoms with Crippen LogP contribution < -0.4 is 4.74 Å². The number of rotatable bonds is 7. The minimum absolute atomic E-state index is 0.269. The summed E-state index contributed by atoms with van der Waals surface area (Å²) in [5, 5.41) is 68.1. The number of carboxylic acid groups (broad SMARTS) is 2. The van der Waals surface area contributed by atoms with E-state index in [0.29, 0.717) is 5.75 Å². The Hall–Kier alpha value is -2.28. The third-order valence-electron chi connectivity index (χ3n) is 2.85. The highest BCUT2D eigenvalue weighted by Crippen LogP contribution is 2.10. The van der Waals surface area contributed by atoms with Crippen LogP contribution in [-0.2, 0) is 4.79 Å². The molecule has 1 aromatic carbocycles. The molecule has 11 heteroatoms. The van der Waals surface area contributed by atoms with Gasteiger partial charge >= 0.3 is 5.97 Å². The van der Waals surface area contributed by atoms with Crippen molar-refractivity contribution in [3.05, 3.63) is 29.8 Å². The van der Waals surface area contributed by atoms with Gasteiger partial charge in [-0.2, -0.15) is 0 Å². The number of aliphatic carboxylic acids is 1. The Morgan fingerprint density at radius 2 is 1.22 bits per heavy atom. The molecule has 0 amide bonds. The zero-order valence-corrected chi connectivity index (χ0v) is 14.8. The molecule has 1 aromatic rings. The minimum atomic E-state index is -1.67. The van der Waals surface area contributed by atoms with Gasteiger partial charge in [-0.25, -0.2) is 4.79 Å². The molecule has 11 nitrogen and oxygen atoms in total. The molecular weight excluding hydrogens is 368 g/mol. The zero-order valence-electron chi connectivity index (χ0n) is 14.8. The van der Waals surface area contributed by atoms with E-state index in [2.05, 4.69) is 0 Å². The topological polar surface area (TPSA) is 205 Å². The monoisotopic (exact) mass is 394 g/mol. The van der Waals surface area contributed by atoms with Gasteiger partial charge in [-0.15, -0.1) is 0 Å². The van der Waals surface area contributed by atoms with E-state index in [1.165, 1.54) is 19.2 Å². The molecule has 1 rings (SSSR count). The summed E-state index contributed by atoms with van der Waals surface area (Å²) in [5.74, 6) is -1.09. The van der Waals surface area contributed by atoms with Gasteiger partial charge in [0.25, 0.3) is 5.97 Å². The molecule has 27 heavy (non-hydrogen) atoms. The Labute approximate surface area is 155 Å². The first-order valence-corrected chi connectivity index (χ1v) is 7.52. The van der Waals surface area contributed by atoms with E-state index in [0.717, 1.165) is 6.92 Å². The van der Waals surface area contributed by atoms with Crippen LogP contribution in [0.2, 0.25) is 0 Å². The average Bonchev–Trinajstić information content (AvgIpc) is 2.65. The van der Waals surface area contributed by atoms with E-state index in [4.69, 9.17) is 50.4 Å². The van der Waals surface area contributed by atoms with Gasteiger partial charge in [0.2, 0.25) is 0 Å². The molecule has 0 bridgehead atoms. The lowest BCUT2D eigenvalue weighted by atomic mass is 10.0. The summed E-state index contributed by atoms with van der Waals surface area (Å²) in [6, 6.07) is 6.23. The summed E-state index contributed by atoms with van der Waals surface area (Å²) >= 11 is 0. The second-order valence-electron chi connectivity index (χ2n) is 5.03. The van der Waals surface area contributed by atoms with Crippen molar-refractivity contribution in [1.82, 2.24) is 0 Å². The van der Waals surface area contributed by atoms with Crippen molar-refractivity contribution in [2.75, 3.05) is 20.3 Å². The number of carboxylic acids is 2. The van der Waals surface area contributed by atoms with Gasteiger partial charge in [0.05, 0.1) is 25.9 Å². The van der Waals surface area contributed by atoms with Crippen molar-refractivity contribution in [2.24, 2.45) is 0 Å². The van der Waals surface area contributed by atoms with Gasteiger partial charge in [0.15, 0.2) is 0 Å². The maximum absolute atomic E-state index is 10.4. The molecular formula is C16H26O11. The number of hydrogen-bond acceptors (Lipinski definition) is 9. The van der Waals surface area contributed by atoms with Crippen molar-refractivity contribution < 1.29 is 55.2 Å². The van der Waals surface area contributed by atoms with Gasteiger partial charge in [-0.1, -0.05) is 0 Å². The molecule has 0 spiro atoms. The highest BCUT2D eigenvalue weighted by atomic mass is 16.5. The van der Waals surface area contributed by atoms with Crippen LogP contribution in [0.1, 0.15) is 17.3 Å². The second kappa shape index (κ2) is 14.8. The number of methoxy groups -OCH3 is 1. The smallest absolute Gasteiger partial charge is 0.335 e. The van der Waals surface area contributed by atoms with Gasteiger partial charge < -0.3 is 45.6 Å². The molecule has 4 unspecified atom stereocenters. The predicted molar refractivity (Wildman–Crippen MR) is 91.5 cm³/mol. The standard InChI is InChI=1S/C8H8O3.C6H14O6.C2H4O2/c1-11-7-4-2-6(3-5-7)8(9)10;7-1-3(9)5(11)6(12)4(10)2-8;1-2(3)4/h2-5H,1H3,(H,9,10);3-12H,1-2H2;1H3,(H,3,4). The lowest BCUT2D eigenvalue weighted by Crippen LogP contribution is -2.46. The number of hydrogen-bond donors (Lipinski definition) is 8. The van der Waals surface area contributed by atoms with Gasteiger partial charge in [0, 0.05) is 6.92 Å². The van der Waals surface area contributed by atoms with Crippen LogP contribution in [0.4, 0.5) is 0 Å². The number of carbonyl (C=O) groups is 2. The SMILES string of the molecule is CC(=O)O.COc1ccc(C(=O)O)cc1.OCC(O)C(O)C(O)C(O)CO. The second-order valence-corrected chi connectivity index (χ2v) is 5.03. The van der Waals surface area contributed by atoms with E-state index in [9.17, 15) is 4.79 Å². The lowest BCUT2D eigenvalue weighted by molar-refractivity contribution is -0.134. The fraction of sp³-hybridized carbons (Fsp3) is 0.500. The van der Waals surface area contributed by atoms with Crippen molar-refractivity contribution in [3.8, 4) is 5.75 Å². The molecule has 0 aliphatic rings. The van der Waals surface area contributed by atoms with Gasteiger partial charge in [-0.3, -0.25) is 4.79 Å². The first-order chi connectivity index (χ1) is 12.5. The molecule has 0 aromatic heterocycles. The molecule has 0 saturated carbocycles. The third-order valence-corrected chi connectivity index (χ3v) is 2.85. The Balaban J connectivity index is 0. The van der Waals surface area contributed by atoms with E-state index >= 15 is 0 Å². The molecule has 0 heterocycles. The normalized spacial score (nSPS) is 14.2. The summed E-state index contributed by atoms with van der Waals surface area (Å²) in [6.45, 7) is -0.368. The first-order valence-electron chi connectivity index (χ1n) is 7.52. The van der Waals surface area contributed by atoms with Crippen LogP contribution in [0, 0.1) is 0 Å². The Bertz CT molecular complexity index is 514. The lowest BCUT2D eigenvalue weighted by Gasteiger charge is -2.24. The molecule has 0 fully saturated rings. The van der Waals surface area contributed by atoms with Crippen molar-refractivity contribution >= 4 is 11.9 Å². The van der Waals surface area contributed by atoms with E-state index in [-0.39, 0.29) is 5.56 Å². The number of benzene rings is 1. The maximum atomic E-state index is 10.4. The fourth-order valence-electron chi connectivity index (χ4n) is 1.40. The number of aromatic carboxylic acids is 1. The third kappa shape index (κ3) is 12.7. The Morgan fingerprint density at radius 1 is 0.889 bits per heavy atom. The van der Waals surface area contributed by atoms with Crippen LogP contribution in [-0.4, -0.2) is 97.5 Å². The maximum Gasteiger partial charge on any atom is 0.335 e. The molecule has 0 saturated heterocycles. The number of aliphatic hydroxyl groups is 6. The quantitative estimate of drug-likeness (QED) is 0.251. The predicted octanol–water partition coefficient (Wildman–Crippen LogP) is -2.10. The molecule has 0 radical (unpaired) electrons. The molecule has 156 valence electrons. The largest absolute Gasteiger partial charge is 0.497 e. The Kier molecular flexibility index (Phi) is 14.8. The summed E-state index contributed by atoms with van der Waals surface area (Å²) in [5.41, 5.74) is 0.269. The first kappa shape index (κ1) is 26.9. The fourth-order valence-corrected chi connectivity index (χ4v) is 1.40. The van der Waals surface area contributed by atoms with Crippen molar-refractivity contribution in [1.29, 1.82) is 0 Å². The van der Waals surface area contributed by atoms with Crippen LogP contribution in [0.3, 0.4) is 0 Å². The average molecular weight is 394 g/mol. The summed E-state index contributed by atoms with van der Waals surface area (Å²) < 4.78 is 4.86. The van der Waals surface area contributed by atoms with Gasteiger partial charge in [0.1, 0.15) is 30.2 Å². The van der Waals surface area contributed by atoms with Crippen LogP contribution in [0.25, 0.3) is 0 Å². The number of ether oxygens (including phenoxy) is 1. The summed E-state index contributed by atoms with van der Waals surface area (Å²) in [6.07, 6.45) is -6.39. The van der Waals surface area contributed by atoms with Crippen LogP contribution >= 0.6 is 0 Å². The van der Waals surface area contributed by atoms with E-state index < -0.39 is 49.6 Å². The zero-order chi connectivity index (χ0) is 21.6. The minimum Gasteiger partial charge on any atom is -0.497 e. The van der Waals surface area contributed by atoms with E-state index in [1.54, 1.807) is 12.1 Å². The molecule has 4 atom stereocenters. The van der Waals surface area contributed by atoms with Crippen LogP contribution in [0.5, 0.6) is 5.75 Å². The van der Waals surface area contributed by atoms with E-state index in [1.807, 2.05) is 0 Å². The van der Waals surface area contributed by atoms with Crippen molar-refractivity contribution in [2.45, 2.75) is 31.3 Å². The highest BCUT2D eigenvalue weighted by Gasteiger charge is 2.29. The molecule has 0 aliphatic carbocycles. The molecule has 0 aliphatic heterocycles. The number of aliphatic hydroxyl groups excluding tert-OH is 6. The summed E-state index contributed by atoms with van der Waals surface area (Å²) in [4.78, 5) is 19.4. The molecule has 8 N–H and O–H groups in total.